The normalized spacial score (nSPS) is 19.8. The third-order valence-electron chi connectivity index (χ3n) is 4.81. The highest BCUT2D eigenvalue weighted by Crippen LogP contribution is 2.19. The van der Waals surface area contributed by atoms with Gasteiger partial charge in [0.05, 0.1) is 0 Å². The summed E-state index contributed by atoms with van der Waals surface area (Å²) in [5.41, 5.74) is 1.34. The van der Waals surface area contributed by atoms with E-state index in [0.29, 0.717) is 5.75 Å². The fourth-order valence-electron chi connectivity index (χ4n) is 3.37. The zero-order chi connectivity index (χ0) is 14.9. The Hall–Kier alpha value is -1.02. The molecule has 1 atom stereocenters. The van der Waals surface area contributed by atoms with E-state index in [-0.39, 0.29) is 0 Å². The predicted octanol–water partition coefficient (Wildman–Crippen LogP) is 4.62. The van der Waals surface area contributed by atoms with Crippen LogP contribution in [0.15, 0.2) is 24.3 Å². The lowest BCUT2D eigenvalue weighted by molar-refractivity contribution is 0.169. The van der Waals surface area contributed by atoms with Gasteiger partial charge in [0.1, 0.15) is 5.75 Å². The Balaban J connectivity index is 1.51. The van der Waals surface area contributed by atoms with E-state index in [0.717, 1.165) is 12.3 Å². The van der Waals surface area contributed by atoms with Crippen LogP contribution in [0.25, 0.3) is 0 Å². The van der Waals surface area contributed by atoms with Gasteiger partial charge in [0.2, 0.25) is 0 Å². The van der Waals surface area contributed by atoms with Crippen LogP contribution in [0.3, 0.4) is 0 Å². The summed E-state index contributed by atoms with van der Waals surface area (Å²) in [6.45, 7) is 6.29. The van der Waals surface area contributed by atoms with E-state index in [1.807, 2.05) is 12.1 Å². The molecule has 1 unspecified atom stereocenters. The van der Waals surface area contributed by atoms with Crippen LogP contribution < -0.4 is 0 Å². The lowest BCUT2D eigenvalue weighted by atomic mass is 9.95. The summed E-state index contributed by atoms with van der Waals surface area (Å²) in [6.07, 6.45) is 10.6. The predicted molar refractivity (Wildman–Crippen MR) is 89.7 cm³/mol. The number of phenolic OH excluding ortho intramolecular Hbond substituents is 1. The SMILES string of the molecule is CCC1CCCN(CCCCCCc2ccc(O)cc2)C1. The largest absolute Gasteiger partial charge is 0.508 e. The minimum Gasteiger partial charge on any atom is -0.508 e. The van der Waals surface area contributed by atoms with Crippen molar-refractivity contribution in [1.29, 1.82) is 0 Å². The molecule has 0 amide bonds. The van der Waals surface area contributed by atoms with Crippen molar-refractivity contribution in [3.8, 4) is 5.75 Å². The molecule has 1 aromatic carbocycles. The molecule has 2 rings (SSSR count). The average Bonchev–Trinajstić information content (AvgIpc) is 2.52. The average molecular weight is 289 g/mol. The Labute approximate surface area is 130 Å². The highest BCUT2D eigenvalue weighted by atomic mass is 16.3. The van der Waals surface area contributed by atoms with Gasteiger partial charge in [0, 0.05) is 6.54 Å². The first-order valence-corrected chi connectivity index (χ1v) is 8.78. The molecule has 0 aliphatic carbocycles. The second-order valence-electron chi connectivity index (χ2n) is 6.55. The third kappa shape index (κ3) is 6.09. The smallest absolute Gasteiger partial charge is 0.115 e. The van der Waals surface area contributed by atoms with Crippen molar-refractivity contribution in [2.45, 2.75) is 58.3 Å². The Morgan fingerprint density at radius 2 is 1.86 bits per heavy atom. The van der Waals surface area contributed by atoms with Crippen molar-refractivity contribution in [2.24, 2.45) is 5.92 Å². The highest BCUT2D eigenvalue weighted by Gasteiger charge is 2.17. The molecule has 118 valence electrons. The van der Waals surface area contributed by atoms with Crippen molar-refractivity contribution in [2.75, 3.05) is 19.6 Å². The number of rotatable bonds is 8. The fourth-order valence-corrected chi connectivity index (χ4v) is 3.37. The first kappa shape index (κ1) is 16.4. The summed E-state index contributed by atoms with van der Waals surface area (Å²) in [5.74, 6) is 1.32. The summed E-state index contributed by atoms with van der Waals surface area (Å²) in [5, 5.41) is 9.25. The third-order valence-corrected chi connectivity index (χ3v) is 4.81. The zero-order valence-electron chi connectivity index (χ0n) is 13.6. The molecule has 1 aliphatic rings. The number of likely N-dealkylation sites (tertiary alicyclic amines) is 1. The van der Waals surface area contributed by atoms with Gasteiger partial charge in [-0.2, -0.15) is 0 Å². The van der Waals surface area contributed by atoms with E-state index in [9.17, 15) is 5.11 Å². The van der Waals surface area contributed by atoms with E-state index in [1.54, 1.807) is 12.1 Å². The van der Waals surface area contributed by atoms with Crippen LogP contribution in [0, 0.1) is 5.92 Å². The maximum absolute atomic E-state index is 9.25. The number of hydrogen-bond donors (Lipinski definition) is 1. The van der Waals surface area contributed by atoms with Gasteiger partial charge < -0.3 is 10.0 Å². The Kier molecular flexibility index (Phi) is 7.08. The molecule has 2 heteroatoms. The zero-order valence-corrected chi connectivity index (χ0v) is 13.6. The molecule has 2 nitrogen and oxygen atoms in total. The highest BCUT2D eigenvalue weighted by molar-refractivity contribution is 5.25. The van der Waals surface area contributed by atoms with Gasteiger partial charge in [-0.05, 0) is 68.8 Å². The molecule has 0 saturated carbocycles. The number of aromatic hydroxyl groups is 1. The monoisotopic (exact) mass is 289 g/mol. The quantitative estimate of drug-likeness (QED) is 0.706. The van der Waals surface area contributed by atoms with Crippen molar-refractivity contribution >= 4 is 0 Å². The summed E-state index contributed by atoms with van der Waals surface area (Å²) in [6, 6.07) is 7.65. The van der Waals surface area contributed by atoms with Crippen LogP contribution in [0.1, 0.15) is 57.4 Å². The first-order chi connectivity index (χ1) is 10.3. The van der Waals surface area contributed by atoms with E-state index >= 15 is 0 Å². The van der Waals surface area contributed by atoms with E-state index in [4.69, 9.17) is 0 Å². The van der Waals surface area contributed by atoms with Crippen LogP contribution >= 0.6 is 0 Å². The molecule has 1 saturated heterocycles. The molecule has 1 aromatic rings. The van der Waals surface area contributed by atoms with Crippen molar-refractivity contribution in [3.63, 3.8) is 0 Å². The fraction of sp³-hybridized carbons (Fsp3) is 0.684. The van der Waals surface area contributed by atoms with Gasteiger partial charge >= 0.3 is 0 Å². The lowest BCUT2D eigenvalue weighted by Crippen LogP contribution is -2.35. The summed E-state index contributed by atoms with van der Waals surface area (Å²) < 4.78 is 0. The van der Waals surface area contributed by atoms with Crippen molar-refractivity contribution < 1.29 is 5.11 Å². The number of nitrogens with zero attached hydrogens (tertiary/aromatic N) is 1. The van der Waals surface area contributed by atoms with Crippen molar-refractivity contribution in [1.82, 2.24) is 4.90 Å². The van der Waals surface area contributed by atoms with Crippen LogP contribution in [0.5, 0.6) is 5.75 Å². The Bertz CT molecular complexity index is 387. The Morgan fingerprint density at radius 3 is 2.62 bits per heavy atom. The summed E-state index contributed by atoms with van der Waals surface area (Å²) >= 11 is 0. The second kappa shape index (κ2) is 9.09. The minimum atomic E-state index is 0.366. The molecule has 1 fully saturated rings. The van der Waals surface area contributed by atoms with Gasteiger partial charge in [-0.3, -0.25) is 0 Å². The molecule has 1 N–H and O–H groups in total. The molecular formula is C19H31NO. The topological polar surface area (TPSA) is 23.5 Å². The molecule has 1 heterocycles. The molecule has 0 aromatic heterocycles. The number of phenols is 1. The summed E-state index contributed by atoms with van der Waals surface area (Å²) in [4.78, 5) is 2.68. The van der Waals surface area contributed by atoms with Crippen LogP contribution in [0.4, 0.5) is 0 Å². The van der Waals surface area contributed by atoms with Crippen LogP contribution in [-0.4, -0.2) is 29.6 Å². The van der Waals surface area contributed by atoms with E-state index < -0.39 is 0 Å². The molecule has 0 spiro atoms. The summed E-state index contributed by atoms with van der Waals surface area (Å²) in [7, 11) is 0. The van der Waals surface area contributed by atoms with E-state index in [2.05, 4.69) is 11.8 Å². The van der Waals surface area contributed by atoms with Gasteiger partial charge in [-0.1, -0.05) is 38.3 Å². The number of benzene rings is 1. The number of piperidine rings is 1. The second-order valence-corrected chi connectivity index (χ2v) is 6.55. The number of hydrogen-bond acceptors (Lipinski definition) is 2. The minimum absolute atomic E-state index is 0.366. The van der Waals surface area contributed by atoms with Crippen LogP contribution in [-0.2, 0) is 6.42 Å². The molecular weight excluding hydrogens is 258 g/mol. The van der Waals surface area contributed by atoms with Gasteiger partial charge in [-0.25, -0.2) is 0 Å². The van der Waals surface area contributed by atoms with Gasteiger partial charge in [0.25, 0.3) is 0 Å². The van der Waals surface area contributed by atoms with Gasteiger partial charge in [0.15, 0.2) is 0 Å². The van der Waals surface area contributed by atoms with Crippen molar-refractivity contribution in [3.05, 3.63) is 29.8 Å². The molecule has 21 heavy (non-hydrogen) atoms. The Morgan fingerprint density at radius 1 is 1.10 bits per heavy atom. The molecule has 1 aliphatic heterocycles. The van der Waals surface area contributed by atoms with Gasteiger partial charge in [-0.15, -0.1) is 0 Å². The lowest BCUT2D eigenvalue weighted by Gasteiger charge is -2.32. The van der Waals surface area contributed by atoms with E-state index in [1.165, 1.54) is 70.1 Å². The molecule has 0 radical (unpaired) electrons. The first-order valence-electron chi connectivity index (χ1n) is 8.78. The van der Waals surface area contributed by atoms with Crippen LogP contribution in [0.2, 0.25) is 0 Å². The maximum Gasteiger partial charge on any atom is 0.115 e. The standard InChI is InChI=1S/C19H31NO/c1-2-17-9-7-15-20(16-17)14-6-4-3-5-8-18-10-12-19(21)13-11-18/h10-13,17,21H,2-9,14-16H2,1H3. The number of aryl methyl sites for hydroxylation is 1. The maximum atomic E-state index is 9.25. The molecule has 0 bridgehead atoms. The number of unbranched alkanes of at least 4 members (excludes halogenated alkanes) is 3.